The van der Waals surface area contributed by atoms with E-state index in [0.29, 0.717) is 54.8 Å². The molecule has 1 heterocycles. The highest BCUT2D eigenvalue weighted by atomic mass is 32.3. The zero-order valence-corrected chi connectivity index (χ0v) is 36.5. The molecule has 0 aromatic heterocycles. The molecule has 0 amide bonds. The van der Waals surface area contributed by atoms with Crippen LogP contribution in [-0.4, -0.2) is 95.3 Å². The summed E-state index contributed by atoms with van der Waals surface area (Å²) in [5, 5.41) is 0. The molecule has 4 fully saturated rings. The van der Waals surface area contributed by atoms with E-state index >= 15 is 0 Å². The lowest BCUT2D eigenvalue weighted by molar-refractivity contribution is -0.299. The standard InChI is InChI=1S/C35H60O18S4/c1-7-22(20(2)3)9-8-21(4)26-12-13-27-25-11-10-23-18-24(14-16-34(23,5)28(25)15-17-35(26,27)6)49-33-32(53-57(45,46)47)31(52-56(42,43)44)30(51-55(39,40)41)29(50-33)19-48-54(36,37)38/h10,20-22,24-33H,7-9,11-19H2,1-6H3,(H,36,37,38)(H,39,40,41)(H,42,43,44)(H,45,46,47)/t21-,22+,24+,25+,26-,27+,28+,29-,30-,31+,32-,33-,34+,35-/m1/s1. The van der Waals surface area contributed by atoms with E-state index in [1.807, 2.05) is 0 Å². The molecule has 0 aromatic rings. The van der Waals surface area contributed by atoms with Gasteiger partial charge in [0.1, 0.15) is 18.3 Å². The third-order valence-corrected chi connectivity index (χ3v) is 16.1. The Kier molecular flexibility index (Phi) is 14.5. The van der Waals surface area contributed by atoms with Crippen molar-refractivity contribution in [2.75, 3.05) is 6.61 Å². The van der Waals surface area contributed by atoms with Gasteiger partial charge < -0.3 is 9.47 Å². The van der Waals surface area contributed by atoms with E-state index in [1.54, 1.807) is 0 Å². The lowest BCUT2D eigenvalue weighted by Gasteiger charge is -2.58. The molecule has 0 aromatic carbocycles. The Labute approximate surface area is 337 Å². The molecule has 0 unspecified atom stereocenters. The summed E-state index contributed by atoms with van der Waals surface area (Å²) in [5.74, 6) is 4.24. The fraction of sp³-hybridized carbons (Fsp3) is 0.943. The molecule has 0 spiro atoms. The minimum atomic E-state index is -5.63. The van der Waals surface area contributed by atoms with Crippen LogP contribution in [0.2, 0.25) is 0 Å². The number of allylic oxidation sites excluding steroid dienone is 1. The summed E-state index contributed by atoms with van der Waals surface area (Å²) in [5.41, 5.74) is 1.18. The van der Waals surface area contributed by atoms with E-state index in [4.69, 9.17) is 9.47 Å². The Hall–Kier alpha value is -0.860. The molecule has 14 atom stereocenters. The molecule has 0 radical (unpaired) electrons. The van der Waals surface area contributed by atoms with Crippen molar-refractivity contribution in [3.05, 3.63) is 11.6 Å². The first kappa shape index (κ1) is 47.2. The molecule has 22 heteroatoms. The minimum absolute atomic E-state index is 0.186. The van der Waals surface area contributed by atoms with Gasteiger partial charge in [0.2, 0.25) is 0 Å². The zero-order valence-electron chi connectivity index (χ0n) is 33.2. The molecular weight excluding hydrogens is 837 g/mol. The Morgan fingerprint density at radius 3 is 1.96 bits per heavy atom. The molecule has 1 aliphatic heterocycles. The number of rotatable bonds is 17. The first-order valence-electron chi connectivity index (χ1n) is 19.7. The van der Waals surface area contributed by atoms with E-state index in [1.165, 1.54) is 32.1 Å². The first-order valence-corrected chi connectivity index (χ1v) is 25.2. The molecule has 5 aliphatic rings. The van der Waals surface area contributed by atoms with E-state index in [2.05, 4.69) is 64.4 Å². The van der Waals surface area contributed by atoms with Gasteiger partial charge in [-0.3, -0.25) is 18.2 Å². The minimum Gasteiger partial charge on any atom is -0.346 e. The van der Waals surface area contributed by atoms with Gasteiger partial charge in [-0.25, -0.2) is 16.7 Å². The van der Waals surface area contributed by atoms with Crippen LogP contribution in [0.4, 0.5) is 0 Å². The lowest BCUT2D eigenvalue weighted by Crippen LogP contribution is -2.63. The summed E-state index contributed by atoms with van der Waals surface area (Å²) < 4.78 is 162. The monoisotopic (exact) mass is 896 g/mol. The molecule has 0 bridgehead atoms. The Morgan fingerprint density at radius 1 is 0.772 bits per heavy atom. The Bertz CT molecular complexity index is 1900. The molecule has 4 aliphatic carbocycles. The van der Waals surface area contributed by atoms with Crippen molar-refractivity contribution >= 4 is 41.6 Å². The Balaban J connectivity index is 1.37. The van der Waals surface area contributed by atoms with Gasteiger partial charge >= 0.3 is 41.6 Å². The number of hydrogen-bond donors (Lipinski definition) is 4. The van der Waals surface area contributed by atoms with Crippen LogP contribution in [0.25, 0.3) is 0 Å². The fourth-order valence-corrected chi connectivity index (χ4v) is 13.4. The normalized spacial score (nSPS) is 38.8. The van der Waals surface area contributed by atoms with Gasteiger partial charge in [-0.2, -0.15) is 33.7 Å². The lowest BCUT2D eigenvalue weighted by atomic mass is 9.47. The fourth-order valence-electron chi connectivity index (χ4n) is 11.6. The molecule has 332 valence electrons. The van der Waals surface area contributed by atoms with Gasteiger partial charge in [-0.1, -0.05) is 66.0 Å². The van der Waals surface area contributed by atoms with Crippen LogP contribution in [0.3, 0.4) is 0 Å². The van der Waals surface area contributed by atoms with Crippen LogP contribution in [0.15, 0.2) is 11.6 Å². The predicted octanol–water partition coefficient (Wildman–Crippen LogP) is 5.16. The van der Waals surface area contributed by atoms with Crippen LogP contribution < -0.4 is 0 Å². The molecule has 5 rings (SSSR count). The van der Waals surface area contributed by atoms with Crippen molar-refractivity contribution in [1.29, 1.82) is 0 Å². The number of ether oxygens (including phenoxy) is 2. The van der Waals surface area contributed by atoms with Crippen molar-refractivity contribution in [3.63, 3.8) is 0 Å². The third-order valence-electron chi connectivity index (χ3n) is 14.3. The summed E-state index contributed by atoms with van der Waals surface area (Å²) in [4.78, 5) is 0. The summed E-state index contributed by atoms with van der Waals surface area (Å²) in [6.07, 6.45) is 0.247. The van der Waals surface area contributed by atoms with Gasteiger partial charge in [-0.15, -0.1) is 0 Å². The topological polar surface area (TPSA) is 273 Å². The van der Waals surface area contributed by atoms with E-state index in [-0.39, 0.29) is 10.8 Å². The maximum absolute atomic E-state index is 12.0. The second-order valence-corrected chi connectivity index (χ2v) is 21.9. The van der Waals surface area contributed by atoms with Crippen molar-refractivity contribution in [2.24, 2.45) is 52.3 Å². The summed E-state index contributed by atoms with van der Waals surface area (Å²) >= 11 is 0. The summed E-state index contributed by atoms with van der Waals surface area (Å²) in [6, 6.07) is 0. The SMILES string of the molecule is CC[C@@H](CC[C@@H](C)[C@H]1CC[C@H]2[C@@H]3CC=C4C[C@@H](O[C@@H]5O[C@H](COS(=O)(=O)O)[C@@H](OS(=O)(=O)O)[C@H](OS(=O)(=O)O)[C@H]5OS(=O)(=O)O)CC[C@]4(C)[C@H]3CC[C@]12C)C(C)C. The quantitative estimate of drug-likeness (QED) is 0.108. The van der Waals surface area contributed by atoms with Crippen molar-refractivity contribution in [1.82, 2.24) is 0 Å². The van der Waals surface area contributed by atoms with Crippen LogP contribution in [0, 0.1) is 52.3 Å². The van der Waals surface area contributed by atoms with Crippen molar-refractivity contribution in [2.45, 2.75) is 149 Å². The second kappa shape index (κ2) is 17.5. The average molecular weight is 897 g/mol. The third kappa shape index (κ3) is 11.3. The zero-order chi connectivity index (χ0) is 42.5. The van der Waals surface area contributed by atoms with Crippen LogP contribution in [-0.2, 0) is 67.8 Å². The largest absolute Gasteiger partial charge is 0.397 e. The van der Waals surface area contributed by atoms with E-state index in [9.17, 15) is 51.9 Å². The van der Waals surface area contributed by atoms with E-state index in [0.717, 1.165) is 30.8 Å². The molecule has 3 saturated carbocycles. The summed E-state index contributed by atoms with van der Waals surface area (Å²) in [7, 11) is -22.0. The molecule has 18 nitrogen and oxygen atoms in total. The van der Waals surface area contributed by atoms with Crippen LogP contribution in [0.5, 0.6) is 0 Å². The van der Waals surface area contributed by atoms with Gasteiger partial charge in [-0.05, 0) is 110 Å². The molecule has 4 N–H and O–H groups in total. The van der Waals surface area contributed by atoms with Gasteiger partial charge in [0.25, 0.3) is 0 Å². The predicted molar refractivity (Wildman–Crippen MR) is 203 cm³/mol. The van der Waals surface area contributed by atoms with Crippen LogP contribution >= 0.6 is 0 Å². The van der Waals surface area contributed by atoms with Crippen molar-refractivity contribution < 1.29 is 78.1 Å². The molecule has 1 saturated heterocycles. The first-order chi connectivity index (χ1) is 26.1. The Morgan fingerprint density at radius 2 is 1.39 bits per heavy atom. The van der Waals surface area contributed by atoms with Crippen molar-refractivity contribution in [3.8, 4) is 0 Å². The van der Waals surface area contributed by atoms with Gasteiger partial charge in [0.05, 0.1) is 12.7 Å². The van der Waals surface area contributed by atoms with Crippen LogP contribution in [0.1, 0.15) is 112 Å². The summed E-state index contributed by atoms with van der Waals surface area (Å²) in [6.45, 7) is 12.8. The molecule has 57 heavy (non-hydrogen) atoms. The van der Waals surface area contributed by atoms with Gasteiger partial charge in [0, 0.05) is 0 Å². The highest BCUT2D eigenvalue weighted by molar-refractivity contribution is 7.81. The van der Waals surface area contributed by atoms with Gasteiger partial charge in [0.15, 0.2) is 12.4 Å². The molecular formula is C35H60O18S4. The second-order valence-electron chi connectivity index (χ2n) is 17.7. The number of fused-ring (bicyclic) bond motifs is 5. The number of hydrogen-bond acceptors (Lipinski definition) is 14. The van der Waals surface area contributed by atoms with E-state index < -0.39 is 85.0 Å². The maximum Gasteiger partial charge on any atom is 0.397 e. The smallest absolute Gasteiger partial charge is 0.346 e. The highest BCUT2D eigenvalue weighted by Crippen LogP contribution is 2.67. The average Bonchev–Trinajstić information content (AvgIpc) is 3.42. The highest BCUT2D eigenvalue weighted by Gasteiger charge is 2.60. The maximum atomic E-state index is 12.0.